The van der Waals surface area contributed by atoms with Crippen LogP contribution >= 0.6 is 0 Å². The maximum Gasteiger partial charge on any atom is 2.00 e. The Hall–Kier alpha value is 1.81. The van der Waals surface area contributed by atoms with Gasteiger partial charge in [-0.25, -0.2) is 0 Å². The minimum absolute atomic E-state index is 0. The van der Waals surface area contributed by atoms with Crippen LogP contribution in [0.15, 0.2) is 0 Å². The van der Waals surface area contributed by atoms with Gasteiger partial charge in [0.15, 0.2) is 0 Å². The summed E-state index contributed by atoms with van der Waals surface area (Å²) in [5.41, 5.74) is 0. The van der Waals surface area contributed by atoms with E-state index < -0.39 is 14.5 Å². The van der Waals surface area contributed by atoms with Gasteiger partial charge in [0.25, 0.3) is 0 Å². The summed E-state index contributed by atoms with van der Waals surface area (Å²) in [4.78, 5) is 0. The third kappa shape index (κ3) is 41.0. The zero-order valence-corrected chi connectivity index (χ0v) is 9.22. The van der Waals surface area contributed by atoms with Crippen molar-refractivity contribution in [3.63, 3.8) is 0 Å². The molecular weight excluding hydrogens is 276 g/mol. The predicted molar refractivity (Wildman–Crippen MR) is 21.1 cm³/mol. The summed E-state index contributed by atoms with van der Waals surface area (Å²) in [5, 5.41) is 0. The van der Waals surface area contributed by atoms with Gasteiger partial charge < -0.3 is 2.85 Å². The van der Waals surface area contributed by atoms with Crippen molar-refractivity contribution in [1.29, 1.82) is 0 Å². The molecule has 0 spiro atoms. The molecule has 0 amide bonds. The van der Waals surface area contributed by atoms with Crippen LogP contribution in [0.25, 0.3) is 0 Å². The monoisotopic (exact) mass is 282 g/mol. The van der Waals surface area contributed by atoms with E-state index >= 15 is 0 Å². The van der Waals surface area contributed by atoms with Gasteiger partial charge in [0.2, 0.25) is 0 Å². The molecule has 0 fully saturated rings. The molecule has 0 aromatic rings. The minimum Gasteiger partial charge on any atom is -1.00 e. The van der Waals surface area contributed by atoms with E-state index in [2.05, 4.69) is 0 Å². The quantitative estimate of drug-likeness (QED) is 0.435. The Bertz CT molecular complexity index is 60.2. The van der Waals surface area contributed by atoms with E-state index in [9.17, 15) is 0 Å². The smallest absolute Gasteiger partial charge is 1.00 e. The predicted octanol–water partition coefficient (Wildman–Crippen LogP) is -2.33. The van der Waals surface area contributed by atoms with Crippen molar-refractivity contribution in [3.05, 3.63) is 0 Å². The average molecular weight is 281 g/mol. The number of hydrogen-bond acceptors (Lipinski definition) is 1. The molecule has 0 aliphatic rings. The molecule has 0 aromatic carbocycles. The zero-order valence-electron chi connectivity index (χ0n) is 4.90. The van der Waals surface area contributed by atoms with Crippen molar-refractivity contribution in [1.82, 2.24) is 0 Å². The van der Waals surface area contributed by atoms with E-state index in [0.717, 1.165) is 0 Å². The van der Waals surface area contributed by atoms with Gasteiger partial charge in [-0.15, -0.1) is 0 Å². The summed E-state index contributed by atoms with van der Waals surface area (Å²) < 4.78 is 30.7. The van der Waals surface area contributed by atoms with Crippen LogP contribution in [0.5, 0.6) is 0 Å². The van der Waals surface area contributed by atoms with Crippen molar-refractivity contribution in [2.24, 2.45) is 0 Å². The Morgan fingerprint density at radius 3 is 1.33 bits per heavy atom. The second-order valence-electron chi connectivity index (χ2n) is 0.513. The van der Waals surface area contributed by atoms with Crippen LogP contribution < -0.4 is 0 Å². The van der Waals surface area contributed by atoms with Gasteiger partial charge in [0.05, 0.1) is 0 Å². The molecule has 0 atom stereocenters. The molecule has 0 saturated heterocycles. The van der Waals surface area contributed by atoms with Crippen LogP contribution in [0.2, 0.25) is 0 Å². The van der Waals surface area contributed by atoms with Gasteiger partial charge in [0.1, 0.15) is 0 Å². The first-order valence-electron chi connectivity index (χ1n) is 0.783. The molecule has 0 saturated carbocycles. The summed E-state index contributed by atoms with van der Waals surface area (Å²) in [6.07, 6.45) is 0. The Morgan fingerprint density at radius 1 is 1.33 bits per heavy atom. The Kier molecular flexibility index (Phi) is 6.74. The van der Waals surface area contributed by atoms with Crippen LogP contribution in [0.4, 0.5) is 0 Å². The van der Waals surface area contributed by atoms with E-state index in [0.29, 0.717) is 0 Å². The van der Waals surface area contributed by atoms with E-state index in [-0.39, 0.29) is 51.7 Å². The fraction of sp³-hybridized carbons (Fsp3) is 0. The molecule has 0 heterocycles. The number of hydrogen-bond donors (Lipinski definition) is 3. The number of rotatable bonds is 0. The largest absolute Gasteiger partial charge is 2.00 e. The van der Waals surface area contributed by atoms with Gasteiger partial charge in [-0.05, 0) is 0 Å². The molecule has 0 radical (unpaired) electrons. The first kappa shape index (κ1) is 10.7. The first-order chi connectivity index (χ1) is 2.00. The molecule has 0 rings (SSSR count). The average Bonchev–Trinajstić information content (AvgIpc) is 0.722. The third-order valence-electron chi connectivity index (χ3n) is 0. The molecular formula is H5AsBaO4. The molecule has 6 heavy (non-hydrogen) atoms. The molecule has 0 aliphatic heterocycles. The van der Waals surface area contributed by atoms with Crippen molar-refractivity contribution in [2.75, 3.05) is 0 Å². The Labute approximate surface area is 81.0 Å². The molecule has 3 N–H and O–H groups in total. The molecule has 6 heteroatoms. The van der Waals surface area contributed by atoms with Crippen LogP contribution in [-0.2, 0) is 3.74 Å². The second kappa shape index (κ2) is 3.77. The van der Waals surface area contributed by atoms with Crippen LogP contribution in [0.1, 0.15) is 2.85 Å². The minimum atomic E-state index is -5.12. The Morgan fingerprint density at radius 2 is 1.33 bits per heavy atom. The van der Waals surface area contributed by atoms with Crippen LogP contribution in [0, 0.1) is 0 Å². The Balaban J connectivity index is -0.0000000267. The topological polar surface area (TPSA) is 77.8 Å². The van der Waals surface area contributed by atoms with E-state index in [1.165, 1.54) is 0 Å². The van der Waals surface area contributed by atoms with Crippen LogP contribution in [-0.4, -0.2) is 75.7 Å². The summed E-state index contributed by atoms with van der Waals surface area (Å²) in [5.74, 6) is 0. The van der Waals surface area contributed by atoms with Crippen LogP contribution in [0.3, 0.4) is 0 Å². The summed E-state index contributed by atoms with van der Waals surface area (Å²) >= 11 is -5.12. The fourth-order valence-electron chi connectivity index (χ4n) is 0. The maximum absolute atomic E-state index is 8.94. The van der Waals surface area contributed by atoms with Gasteiger partial charge in [0, 0.05) is 0 Å². The molecule has 0 unspecified atom stereocenters. The van der Waals surface area contributed by atoms with Gasteiger partial charge >= 0.3 is 79.4 Å². The van der Waals surface area contributed by atoms with E-state index in [4.69, 9.17) is 16.0 Å². The molecule has 0 aromatic heterocycles. The fourth-order valence-corrected chi connectivity index (χ4v) is 0. The summed E-state index contributed by atoms with van der Waals surface area (Å²) in [7, 11) is 0. The van der Waals surface area contributed by atoms with Crippen molar-refractivity contribution in [3.8, 4) is 0 Å². The molecule has 4 nitrogen and oxygen atoms in total. The first-order valence-corrected chi connectivity index (χ1v) is 4.07. The van der Waals surface area contributed by atoms with Crippen molar-refractivity contribution >= 4 is 63.4 Å². The third-order valence-corrected chi connectivity index (χ3v) is 0. The van der Waals surface area contributed by atoms with E-state index in [1.54, 1.807) is 0 Å². The van der Waals surface area contributed by atoms with Gasteiger partial charge in [-0.2, -0.15) is 0 Å². The normalized spacial score (nSPS) is 9.83. The van der Waals surface area contributed by atoms with Crippen molar-refractivity contribution < 1.29 is 18.9 Å². The molecule has 0 bridgehead atoms. The SMILES string of the molecule is O=[As](O)(O)O.[Ba+2].[H-].[H-]. The molecule has 36 valence electrons. The van der Waals surface area contributed by atoms with E-state index in [1.807, 2.05) is 0 Å². The maximum atomic E-state index is 8.94. The molecule has 0 aliphatic carbocycles. The summed E-state index contributed by atoms with van der Waals surface area (Å²) in [6.45, 7) is 0. The van der Waals surface area contributed by atoms with Gasteiger partial charge in [-0.3, -0.25) is 0 Å². The zero-order chi connectivity index (χ0) is 4.50. The second-order valence-corrected chi connectivity index (χ2v) is 2.67. The summed E-state index contributed by atoms with van der Waals surface area (Å²) in [6, 6.07) is 0. The van der Waals surface area contributed by atoms with Crippen molar-refractivity contribution in [2.45, 2.75) is 0 Å². The van der Waals surface area contributed by atoms with Gasteiger partial charge in [-0.1, -0.05) is 0 Å². The standard InChI is InChI=1S/AsH3O4.Ba.2H/c2-1(3,4)5;;;/h(H3,2,3,4,5);;;/q;+2;2*-1.